The summed E-state index contributed by atoms with van der Waals surface area (Å²) < 4.78 is 27.1. The number of hydrogen-bond donors (Lipinski definition) is 2. The van der Waals surface area contributed by atoms with Gasteiger partial charge in [0.1, 0.15) is 0 Å². The van der Waals surface area contributed by atoms with E-state index in [1.54, 1.807) is 24.3 Å². The van der Waals surface area contributed by atoms with Crippen LogP contribution in [-0.4, -0.2) is 25.7 Å². The molecule has 0 radical (unpaired) electrons. The molecule has 0 heterocycles. The zero-order valence-corrected chi connectivity index (χ0v) is 12.6. The van der Waals surface area contributed by atoms with Gasteiger partial charge >= 0.3 is 0 Å². The van der Waals surface area contributed by atoms with Crippen LogP contribution in [0.25, 0.3) is 0 Å². The lowest BCUT2D eigenvalue weighted by atomic mass is 10.1. The van der Waals surface area contributed by atoms with Crippen molar-refractivity contribution in [1.82, 2.24) is 4.72 Å². The van der Waals surface area contributed by atoms with Gasteiger partial charge in [0.15, 0.2) is 0 Å². The fourth-order valence-electron chi connectivity index (χ4n) is 2.66. The van der Waals surface area contributed by atoms with Crippen molar-refractivity contribution >= 4 is 10.0 Å². The fraction of sp³-hybridized carbons (Fsp3) is 0.533. The molecule has 0 aliphatic heterocycles. The first-order valence-electron chi connectivity index (χ1n) is 7.18. The van der Waals surface area contributed by atoms with E-state index in [1.807, 2.05) is 6.07 Å². The number of nitrogens with one attached hydrogen (secondary N) is 1. The first-order chi connectivity index (χ1) is 10.0. The summed E-state index contributed by atoms with van der Waals surface area (Å²) in [5.41, 5.74) is 0.847. The molecule has 1 fully saturated rings. The molecular formula is C15H20N2O3S. The summed E-state index contributed by atoms with van der Waals surface area (Å²) in [7, 11) is -3.58. The van der Waals surface area contributed by atoms with Crippen LogP contribution >= 0.6 is 0 Å². The van der Waals surface area contributed by atoms with Crippen molar-refractivity contribution in [2.75, 3.05) is 0 Å². The minimum Gasteiger partial charge on any atom is -0.391 e. The van der Waals surface area contributed by atoms with E-state index in [-0.39, 0.29) is 5.75 Å². The molecule has 1 saturated carbocycles. The number of benzene rings is 1. The second kappa shape index (κ2) is 7.03. The van der Waals surface area contributed by atoms with Crippen molar-refractivity contribution in [3.05, 3.63) is 35.4 Å². The van der Waals surface area contributed by atoms with Gasteiger partial charge in [-0.25, -0.2) is 13.1 Å². The second-order valence-electron chi connectivity index (χ2n) is 5.46. The van der Waals surface area contributed by atoms with E-state index < -0.39 is 22.2 Å². The standard InChI is InChI=1S/C15H20N2O3S/c16-10-12-6-4-5-7-13(12)11-21(19,20)17-14-8-2-1-3-9-15(14)18/h4-7,14-15,17-18H,1-3,8-9,11H2. The van der Waals surface area contributed by atoms with E-state index in [0.29, 0.717) is 24.0 Å². The third kappa shape index (κ3) is 4.53. The molecule has 0 saturated heterocycles. The molecule has 2 N–H and O–H groups in total. The molecule has 0 aromatic heterocycles. The molecule has 0 spiro atoms. The fourth-order valence-corrected chi connectivity index (χ4v) is 4.14. The normalized spacial score (nSPS) is 23.2. The van der Waals surface area contributed by atoms with Crippen molar-refractivity contribution in [3.63, 3.8) is 0 Å². The average molecular weight is 308 g/mol. The Morgan fingerprint density at radius 3 is 2.71 bits per heavy atom. The van der Waals surface area contributed by atoms with Crippen molar-refractivity contribution in [2.45, 2.75) is 50.0 Å². The van der Waals surface area contributed by atoms with Gasteiger partial charge < -0.3 is 5.11 Å². The molecular weight excluding hydrogens is 288 g/mol. The van der Waals surface area contributed by atoms with Crippen LogP contribution in [0.3, 0.4) is 0 Å². The number of nitriles is 1. The van der Waals surface area contributed by atoms with Crippen LogP contribution in [0.1, 0.15) is 43.2 Å². The second-order valence-corrected chi connectivity index (χ2v) is 7.21. The Morgan fingerprint density at radius 1 is 1.24 bits per heavy atom. The van der Waals surface area contributed by atoms with Gasteiger partial charge in [0.2, 0.25) is 10.0 Å². The van der Waals surface area contributed by atoms with Crippen LogP contribution in [0.15, 0.2) is 24.3 Å². The Balaban J connectivity index is 2.10. The van der Waals surface area contributed by atoms with Crippen molar-refractivity contribution in [1.29, 1.82) is 5.26 Å². The number of hydrogen-bond acceptors (Lipinski definition) is 4. The highest BCUT2D eigenvalue weighted by molar-refractivity contribution is 7.88. The highest BCUT2D eigenvalue weighted by atomic mass is 32.2. The van der Waals surface area contributed by atoms with E-state index in [2.05, 4.69) is 4.72 Å². The van der Waals surface area contributed by atoms with Crippen molar-refractivity contribution in [2.24, 2.45) is 0 Å². The van der Waals surface area contributed by atoms with Gasteiger partial charge in [-0.1, -0.05) is 37.5 Å². The van der Waals surface area contributed by atoms with Crippen LogP contribution in [0.4, 0.5) is 0 Å². The number of aliphatic hydroxyl groups excluding tert-OH is 1. The number of nitrogens with zero attached hydrogens (tertiary/aromatic N) is 1. The molecule has 1 aliphatic rings. The lowest BCUT2D eigenvalue weighted by molar-refractivity contribution is 0.130. The zero-order chi connectivity index (χ0) is 15.3. The van der Waals surface area contributed by atoms with Gasteiger partial charge in [-0.2, -0.15) is 5.26 Å². The quantitative estimate of drug-likeness (QED) is 0.828. The lowest BCUT2D eigenvalue weighted by Crippen LogP contribution is -2.43. The Labute approximate surface area is 125 Å². The number of aliphatic hydroxyl groups is 1. The molecule has 2 rings (SSSR count). The number of sulfonamides is 1. The zero-order valence-electron chi connectivity index (χ0n) is 11.8. The van der Waals surface area contributed by atoms with E-state index in [1.165, 1.54) is 0 Å². The molecule has 2 unspecified atom stereocenters. The van der Waals surface area contributed by atoms with Gasteiger partial charge in [0.25, 0.3) is 0 Å². The van der Waals surface area contributed by atoms with E-state index in [0.717, 1.165) is 19.3 Å². The van der Waals surface area contributed by atoms with E-state index in [9.17, 15) is 13.5 Å². The van der Waals surface area contributed by atoms with E-state index in [4.69, 9.17) is 5.26 Å². The Hall–Kier alpha value is -1.42. The van der Waals surface area contributed by atoms with E-state index >= 15 is 0 Å². The molecule has 21 heavy (non-hydrogen) atoms. The third-order valence-corrected chi connectivity index (χ3v) is 5.15. The van der Waals surface area contributed by atoms with Crippen molar-refractivity contribution in [3.8, 4) is 6.07 Å². The summed E-state index contributed by atoms with van der Waals surface area (Å²) in [6, 6.07) is 8.24. The van der Waals surface area contributed by atoms with Gasteiger partial charge in [-0.15, -0.1) is 0 Å². The summed E-state index contributed by atoms with van der Waals surface area (Å²) in [6.45, 7) is 0. The molecule has 1 aromatic carbocycles. The largest absolute Gasteiger partial charge is 0.391 e. The lowest BCUT2D eigenvalue weighted by Gasteiger charge is -2.21. The van der Waals surface area contributed by atoms with Gasteiger partial charge in [0, 0.05) is 6.04 Å². The Bertz CT molecular complexity index is 622. The minimum absolute atomic E-state index is 0.236. The van der Waals surface area contributed by atoms with Crippen molar-refractivity contribution < 1.29 is 13.5 Å². The summed E-state index contributed by atoms with van der Waals surface area (Å²) in [5, 5.41) is 19.0. The molecule has 1 aromatic rings. The third-order valence-electron chi connectivity index (χ3n) is 3.79. The molecule has 114 valence electrons. The molecule has 0 amide bonds. The first kappa shape index (κ1) is 16.0. The van der Waals surface area contributed by atoms with Crippen LogP contribution in [0.5, 0.6) is 0 Å². The highest BCUT2D eigenvalue weighted by Crippen LogP contribution is 2.19. The van der Waals surface area contributed by atoms with Gasteiger partial charge in [-0.05, 0) is 24.5 Å². The summed E-state index contributed by atoms with van der Waals surface area (Å²) in [4.78, 5) is 0. The van der Waals surface area contributed by atoms with Gasteiger partial charge in [0.05, 0.1) is 23.5 Å². The molecule has 5 nitrogen and oxygen atoms in total. The molecule has 0 bridgehead atoms. The predicted octanol–water partition coefficient (Wildman–Crippen LogP) is 1.67. The maximum absolute atomic E-state index is 12.3. The maximum atomic E-state index is 12.3. The van der Waals surface area contributed by atoms with Crippen LogP contribution in [0.2, 0.25) is 0 Å². The minimum atomic E-state index is -3.58. The summed E-state index contributed by atoms with van der Waals surface area (Å²) >= 11 is 0. The molecule has 2 atom stereocenters. The Morgan fingerprint density at radius 2 is 1.95 bits per heavy atom. The summed E-state index contributed by atoms with van der Waals surface area (Å²) in [5.74, 6) is -0.236. The monoisotopic (exact) mass is 308 g/mol. The maximum Gasteiger partial charge on any atom is 0.216 e. The predicted molar refractivity (Wildman–Crippen MR) is 79.8 cm³/mol. The molecule has 1 aliphatic carbocycles. The highest BCUT2D eigenvalue weighted by Gasteiger charge is 2.26. The smallest absolute Gasteiger partial charge is 0.216 e. The van der Waals surface area contributed by atoms with Gasteiger partial charge in [-0.3, -0.25) is 0 Å². The summed E-state index contributed by atoms with van der Waals surface area (Å²) in [6.07, 6.45) is 3.51. The average Bonchev–Trinajstić information content (AvgIpc) is 2.64. The van der Waals surface area contributed by atoms with Crippen LogP contribution < -0.4 is 4.72 Å². The first-order valence-corrected chi connectivity index (χ1v) is 8.83. The van der Waals surface area contributed by atoms with Crippen LogP contribution in [-0.2, 0) is 15.8 Å². The van der Waals surface area contributed by atoms with Crippen LogP contribution in [0, 0.1) is 11.3 Å². The number of rotatable bonds is 4. The topological polar surface area (TPSA) is 90.2 Å². The Kier molecular flexibility index (Phi) is 5.34. The SMILES string of the molecule is N#Cc1ccccc1CS(=O)(=O)NC1CCCCCC1O. The molecule has 6 heteroatoms.